The molecule has 6 aromatic rings. The van der Waals surface area contributed by atoms with Gasteiger partial charge in [-0.2, -0.15) is 0 Å². The van der Waals surface area contributed by atoms with Gasteiger partial charge in [-0.25, -0.2) is 9.59 Å². The maximum absolute atomic E-state index is 12.8. The van der Waals surface area contributed by atoms with Gasteiger partial charge in [-0.15, -0.1) is 0 Å². The first-order chi connectivity index (χ1) is 34.6. The normalized spacial score (nSPS) is 21.5. The van der Waals surface area contributed by atoms with Crippen molar-refractivity contribution in [2.45, 2.75) is 127 Å². The highest BCUT2D eigenvalue weighted by atomic mass is 16.6. The highest BCUT2D eigenvalue weighted by Gasteiger charge is 2.41. The topological polar surface area (TPSA) is 88.5 Å². The van der Waals surface area contributed by atoms with Gasteiger partial charge in [0.1, 0.15) is 28.8 Å². The van der Waals surface area contributed by atoms with Gasteiger partial charge in [-0.1, -0.05) is 127 Å². The fraction of sp³-hybridized carbons (Fsp3) is 0.375. The van der Waals surface area contributed by atoms with Gasteiger partial charge in [0.15, 0.2) is 0 Å². The minimum absolute atomic E-state index is 0.0142. The number of phenolic OH excluding ortho intramolecular Hbond substituents is 1. The first kappa shape index (κ1) is 48.8. The van der Waals surface area contributed by atoms with E-state index in [9.17, 15) is 14.7 Å². The van der Waals surface area contributed by atoms with Crippen molar-refractivity contribution in [3.05, 3.63) is 207 Å². The summed E-state index contributed by atoms with van der Waals surface area (Å²) in [5, 5.41) is 10.9. The zero-order chi connectivity index (χ0) is 50.1. The van der Waals surface area contributed by atoms with Crippen LogP contribution in [0.3, 0.4) is 0 Å². The summed E-state index contributed by atoms with van der Waals surface area (Å²) in [6, 6.07) is 52.8. The predicted octanol–water partition coefficient (Wildman–Crippen LogP) is 14.3. The molecule has 2 aliphatic heterocycles. The molecule has 10 rings (SSSR count). The fourth-order valence-electron chi connectivity index (χ4n) is 11.9. The number of carbonyl (C=O) groups excluding carboxylic acids is 2. The molecule has 2 aliphatic carbocycles. The standard InChI is InChI=1S/C64H70N2O6/c1-63(2,3)71-61(68)65-35-31-44(32-36-65)42-17-21-48(22-18-42)58-54(46-13-9-7-10-14-46)28-25-50-40-53(27-30-55(50)58)70-57-41-51-39-52(67)26-29-56(51)59(60(57)47-15-11-8-12-16-47)49-23-19-43(20-24-49)45-33-37-66(38-34-45)62(69)72-64(4,5)6/h7-24,26-27,29-30,33,39-40,44,54,57-60,67H,25,28,31-32,34-38,41H2,1-6H3/t54-,57?,58+,59?,60?/m1/s1. The second kappa shape index (κ2) is 20.4. The second-order valence-corrected chi connectivity index (χ2v) is 22.5. The van der Waals surface area contributed by atoms with Gasteiger partial charge in [0.05, 0.1) is 0 Å². The quantitative estimate of drug-likeness (QED) is 0.163. The van der Waals surface area contributed by atoms with Gasteiger partial charge in [0.2, 0.25) is 0 Å². The molecule has 0 spiro atoms. The van der Waals surface area contributed by atoms with E-state index in [1.165, 1.54) is 50.1 Å². The van der Waals surface area contributed by atoms with Crippen molar-refractivity contribution in [3.8, 4) is 11.5 Å². The van der Waals surface area contributed by atoms with E-state index in [1.807, 2.05) is 58.6 Å². The van der Waals surface area contributed by atoms with Crippen LogP contribution in [0.4, 0.5) is 9.59 Å². The van der Waals surface area contributed by atoms with Crippen molar-refractivity contribution in [2.75, 3.05) is 26.2 Å². The number of amides is 2. The molecule has 2 amide bonds. The molecule has 372 valence electrons. The maximum Gasteiger partial charge on any atom is 0.410 e. The molecule has 72 heavy (non-hydrogen) atoms. The molecule has 0 saturated carbocycles. The van der Waals surface area contributed by atoms with Crippen molar-refractivity contribution >= 4 is 17.8 Å². The van der Waals surface area contributed by atoms with E-state index in [1.54, 1.807) is 4.90 Å². The summed E-state index contributed by atoms with van der Waals surface area (Å²) in [5.74, 6) is 1.98. The van der Waals surface area contributed by atoms with Crippen molar-refractivity contribution < 1.29 is 28.9 Å². The molecule has 0 bridgehead atoms. The molecular formula is C64H70N2O6. The number of ether oxygens (including phenoxy) is 3. The van der Waals surface area contributed by atoms with E-state index in [4.69, 9.17) is 14.2 Å². The summed E-state index contributed by atoms with van der Waals surface area (Å²) >= 11 is 0. The summed E-state index contributed by atoms with van der Waals surface area (Å²) < 4.78 is 18.7. The number of benzene rings is 6. The lowest BCUT2D eigenvalue weighted by molar-refractivity contribution is 0.0203. The van der Waals surface area contributed by atoms with Crippen LogP contribution in [0.25, 0.3) is 5.57 Å². The number of hydrogen-bond donors (Lipinski definition) is 1. The summed E-state index contributed by atoms with van der Waals surface area (Å²) in [6.45, 7) is 14.0. The lowest BCUT2D eigenvalue weighted by Crippen LogP contribution is -2.41. The highest BCUT2D eigenvalue weighted by Crippen LogP contribution is 2.51. The van der Waals surface area contributed by atoms with Gasteiger partial charge in [0, 0.05) is 50.4 Å². The third-order valence-corrected chi connectivity index (χ3v) is 15.3. The average molecular weight is 963 g/mol. The third-order valence-electron chi connectivity index (χ3n) is 15.3. The van der Waals surface area contributed by atoms with Gasteiger partial charge in [-0.3, -0.25) is 0 Å². The Balaban J connectivity index is 0.926. The van der Waals surface area contributed by atoms with Crippen molar-refractivity contribution in [1.82, 2.24) is 9.80 Å². The molecule has 3 unspecified atom stereocenters. The molecular weight excluding hydrogens is 893 g/mol. The van der Waals surface area contributed by atoms with Crippen LogP contribution in [0.15, 0.2) is 152 Å². The molecule has 1 fully saturated rings. The number of aromatic hydroxyl groups is 1. The Hall–Kier alpha value is -6.80. The summed E-state index contributed by atoms with van der Waals surface area (Å²) in [7, 11) is 0. The van der Waals surface area contributed by atoms with E-state index >= 15 is 0 Å². The predicted molar refractivity (Wildman–Crippen MR) is 286 cm³/mol. The zero-order valence-corrected chi connectivity index (χ0v) is 42.9. The number of aryl methyl sites for hydroxylation is 1. The third kappa shape index (κ3) is 10.8. The maximum atomic E-state index is 12.8. The van der Waals surface area contributed by atoms with Gasteiger partial charge >= 0.3 is 12.2 Å². The lowest BCUT2D eigenvalue weighted by atomic mass is 9.67. The Kier molecular flexibility index (Phi) is 13.8. The minimum atomic E-state index is -0.533. The summed E-state index contributed by atoms with van der Waals surface area (Å²) in [4.78, 5) is 29.2. The lowest BCUT2D eigenvalue weighted by Gasteiger charge is -2.41. The minimum Gasteiger partial charge on any atom is -0.508 e. The number of fused-ring (bicyclic) bond motifs is 2. The number of likely N-dealkylation sites (tertiary alicyclic amines) is 1. The molecule has 5 atom stereocenters. The van der Waals surface area contributed by atoms with Crippen LogP contribution in [-0.2, 0) is 22.3 Å². The molecule has 8 heteroatoms. The van der Waals surface area contributed by atoms with E-state index in [0.29, 0.717) is 44.4 Å². The summed E-state index contributed by atoms with van der Waals surface area (Å²) in [6.07, 6.45) is 6.66. The van der Waals surface area contributed by atoms with Crippen LogP contribution in [-0.4, -0.2) is 70.6 Å². The number of hydrogen-bond acceptors (Lipinski definition) is 6. The molecule has 1 N–H and O–H groups in total. The second-order valence-electron chi connectivity index (χ2n) is 22.5. The van der Waals surface area contributed by atoms with Crippen molar-refractivity contribution in [3.63, 3.8) is 0 Å². The van der Waals surface area contributed by atoms with Crippen LogP contribution in [0.2, 0.25) is 0 Å². The van der Waals surface area contributed by atoms with Crippen LogP contribution >= 0.6 is 0 Å². The molecule has 4 aliphatic rings. The highest BCUT2D eigenvalue weighted by molar-refractivity contribution is 5.73. The smallest absolute Gasteiger partial charge is 0.410 e. The number of nitrogens with zero attached hydrogens (tertiary/aromatic N) is 2. The number of carbonyl (C=O) groups is 2. The Morgan fingerprint density at radius 1 is 0.556 bits per heavy atom. The number of rotatable bonds is 8. The van der Waals surface area contributed by atoms with Crippen molar-refractivity contribution in [2.24, 2.45) is 0 Å². The Bertz CT molecular complexity index is 2890. The largest absolute Gasteiger partial charge is 0.508 e. The molecule has 1 saturated heterocycles. The fourth-order valence-corrected chi connectivity index (χ4v) is 11.9. The van der Waals surface area contributed by atoms with Crippen LogP contribution in [0, 0.1) is 0 Å². The van der Waals surface area contributed by atoms with E-state index in [0.717, 1.165) is 49.0 Å². The van der Waals surface area contributed by atoms with Gasteiger partial charge in [-0.05, 0) is 171 Å². The Morgan fingerprint density at radius 3 is 1.78 bits per heavy atom. The van der Waals surface area contributed by atoms with Gasteiger partial charge < -0.3 is 29.1 Å². The summed E-state index contributed by atoms with van der Waals surface area (Å²) in [5.41, 5.74) is 12.7. The van der Waals surface area contributed by atoms with Crippen LogP contribution in [0.1, 0.15) is 152 Å². The molecule has 2 heterocycles. The molecule has 8 nitrogen and oxygen atoms in total. The molecule has 0 radical (unpaired) electrons. The SMILES string of the molecule is CC(C)(C)OC(=O)N1CC=C(c2ccc(C3c4ccc(O)cc4CC(Oc4ccc5c(c4)CC[C@H](c4ccccc4)[C@@H]5c4ccc(C5CCN(C(=O)OC(C)(C)C)CC5)cc4)C3c3ccccc3)cc2)CC1. The first-order valence-electron chi connectivity index (χ1n) is 26.2. The Morgan fingerprint density at radius 2 is 1.14 bits per heavy atom. The number of piperidine rings is 1. The van der Waals surface area contributed by atoms with Gasteiger partial charge in [0.25, 0.3) is 0 Å². The van der Waals surface area contributed by atoms with Crippen LogP contribution < -0.4 is 4.74 Å². The monoisotopic (exact) mass is 963 g/mol. The van der Waals surface area contributed by atoms with E-state index in [2.05, 4.69) is 140 Å². The first-order valence-corrected chi connectivity index (χ1v) is 26.2. The van der Waals surface area contributed by atoms with E-state index in [-0.39, 0.29) is 41.8 Å². The zero-order valence-electron chi connectivity index (χ0n) is 42.9. The van der Waals surface area contributed by atoms with Crippen molar-refractivity contribution in [1.29, 1.82) is 0 Å². The Labute approximate surface area is 426 Å². The van der Waals surface area contributed by atoms with Crippen LogP contribution in [0.5, 0.6) is 11.5 Å². The average Bonchev–Trinajstić information content (AvgIpc) is 3.37. The molecule has 0 aromatic heterocycles. The number of phenols is 1. The van der Waals surface area contributed by atoms with E-state index < -0.39 is 11.2 Å². The molecule has 6 aromatic carbocycles.